The predicted octanol–water partition coefficient (Wildman–Crippen LogP) is 2.59. The molecule has 0 aromatic heterocycles. The quantitative estimate of drug-likeness (QED) is 0.831. The summed E-state index contributed by atoms with van der Waals surface area (Å²) in [5.74, 6) is -0.253. The molecule has 0 spiro atoms. The molecular formula is C12H17FO2. The van der Waals surface area contributed by atoms with Crippen LogP contribution in [0, 0.1) is 12.7 Å². The average molecular weight is 212 g/mol. The van der Waals surface area contributed by atoms with Crippen LogP contribution in [0.25, 0.3) is 0 Å². The van der Waals surface area contributed by atoms with Gasteiger partial charge in [0.05, 0.1) is 6.10 Å². The van der Waals surface area contributed by atoms with Gasteiger partial charge in [-0.25, -0.2) is 4.39 Å². The van der Waals surface area contributed by atoms with Crippen LogP contribution in [0.2, 0.25) is 0 Å². The number of benzene rings is 1. The van der Waals surface area contributed by atoms with Gasteiger partial charge < -0.3 is 9.84 Å². The third-order valence-corrected chi connectivity index (χ3v) is 2.58. The molecule has 2 atom stereocenters. The first kappa shape index (κ1) is 12.1. The van der Waals surface area contributed by atoms with Crippen molar-refractivity contribution in [1.82, 2.24) is 0 Å². The van der Waals surface area contributed by atoms with Crippen LogP contribution in [-0.4, -0.2) is 18.3 Å². The lowest BCUT2D eigenvalue weighted by atomic mass is 10.0. The normalized spacial score (nSPS) is 15.0. The van der Waals surface area contributed by atoms with Crippen LogP contribution in [0.1, 0.15) is 30.6 Å². The molecule has 1 aromatic carbocycles. The van der Waals surface area contributed by atoms with E-state index < -0.39 is 6.10 Å². The summed E-state index contributed by atoms with van der Waals surface area (Å²) in [5.41, 5.74) is 1.24. The number of hydrogen-bond donors (Lipinski definition) is 1. The third kappa shape index (κ3) is 2.76. The van der Waals surface area contributed by atoms with Gasteiger partial charge in [0.2, 0.25) is 0 Å². The van der Waals surface area contributed by atoms with Crippen LogP contribution in [0.15, 0.2) is 18.2 Å². The number of rotatable bonds is 4. The first-order chi connectivity index (χ1) is 7.10. The Labute approximate surface area is 89.7 Å². The van der Waals surface area contributed by atoms with Crippen molar-refractivity contribution in [2.24, 2.45) is 0 Å². The fraction of sp³-hybridized carbons (Fsp3) is 0.500. The lowest BCUT2D eigenvalue weighted by molar-refractivity contribution is -0.0149. The van der Waals surface area contributed by atoms with Crippen molar-refractivity contribution in [3.05, 3.63) is 35.1 Å². The lowest BCUT2D eigenvalue weighted by Gasteiger charge is -2.20. The van der Waals surface area contributed by atoms with Gasteiger partial charge in [0.25, 0.3) is 0 Å². The highest BCUT2D eigenvalue weighted by Crippen LogP contribution is 2.22. The van der Waals surface area contributed by atoms with Crippen molar-refractivity contribution in [3.8, 4) is 0 Å². The summed E-state index contributed by atoms with van der Waals surface area (Å²) < 4.78 is 18.2. The molecule has 2 nitrogen and oxygen atoms in total. The minimum absolute atomic E-state index is 0.241. The number of aliphatic hydroxyl groups is 1. The second-order valence-electron chi connectivity index (χ2n) is 3.64. The molecule has 1 N–H and O–H groups in total. The van der Waals surface area contributed by atoms with Crippen molar-refractivity contribution in [2.75, 3.05) is 7.11 Å². The van der Waals surface area contributed by atoms with E-state index in [4.69, 9.17) is 4.74 Å². The van der Waals surface area contributed by atoms with Crippen LogP contribution < -0.4 is 0 Å². The Hall–Kier alpha value is -0.930. The van der Waals surface area contributed by atoms with Gasteiger partial charge in [0.15, 0.2) is 0 Å². The zero-order valence-corrected chi connectivity index (χ0v) is 9.33. The molecule has 1 aromatic rings. The molecule has 3 heteroatoms. The molecule has 15 heavy (non-hydrogen) atoms. The standard InChI is InChI=1S/C12H17FO2/c1-4-11(15-3)12(14)9-5-6-10(13)8(2)7-9/h5-7,11-12,14H,4H2,1-3H3. The van der Waals surface area contributed by atoms with E-state index in [1.165, 1.54) is 6.07 Å². The first-order valence-electron chi connectivity index (χ1n) is 5.07. The largest absolute Gasteiger partial charge is 0.386 e. The minimum atomic E-state index is -0.695. The number of aliphatic hydroxyl groups excluding tert-OH is 1. The number of ether oxygens (including phenoxy) is 1. The van der Waals surface area contributed by atoms with Gasteiger partial charge in [-0.2, -0.15) is 0 Å². The first-order valence-corrected chi connectivity index (χ1v) is 5.07. The van der Waals surface area contributed by atoms with E-state index >= 15 is 0 Å². The molecule has 0 radical (unpaired) electrons. The molecule has 0 bridgehead atoms. The summed E-state index contributed by atoms with van der Waals surface area (Å²) in [6, 6.07) is 4.62. The molecule has 0 aliphatic carbocycles. The lowest BCUT2D eigenvalue weighted by Crippen LogP contribution is -2.19. The van der Waals surface area contributed by atoms with Gasteiger partial charge in [-0.1, -0.05) is 19.1 Å². The maximum absolute atomic E-state index is 13.0. The summed E-state index contributed by atoms with van der Waals surface area (Å²) in [5, 5.41) is 9.95. The van der Waals surface area contributed by atoms with E-state index in [9.17, 15) is 9.50 Å². The van der Waals surface area contributed by atoms with E-state index in [1.54, 1.807) is 26.2 Å². The third-order valence-electron chi connectivity index (χ3n) is 2.58. The van der Waals surface area contributed by atoms with Gasteiger partial charge in [0.1, 0.15) is 11.9 Å². The zero-order chi connectivity index (χ0) is 11.4. The highest BCUT2D eigenvalue weighted by atomic mass is 19.1. The number of halogens is 1. The summed E-state index contributed by atoms with van der Waals surface area (Å²) in [6.07, 6.45) is -0.220. The Morgan fingerprint density at radius 3 is 2.60 bits per heavy atom. The Morgan fingerprint density at radius 2 is 2.13 bits per heavy atom. The van der Waals surface area contributed by atoms with Gasteiger partial charge in [-0.3, -0.25) is 0 Å². The molecule has 84 valence electrons. The van der Waals surface area contributed by atoms with E-state index in [0.29, 0.717) is 17.5 Å². The van der Waals surface area contributed by atoms with Gasteiger partial charge in [-0.05, 0) is 30.5 Å². The average Bonchev–Trinajstić information content (AvgIpc) is 2.23. The zero-order valence-electron chi connectivity index (χ0n) is 9.33. The van der Waals surface area contributed by atoms with Crippen LogP contribution in [0.4, 0.5) is 4.39 Å². The molecule has 0 saturated heterocycles. The monoisotopic (exact) mass is 212 g/mol. The maximum Gasteiger partial charge on any atom is 0.126 e. The second-order valence-corrected chi connectivity index (χ2v) is 3.64. The maximum atomic E-state index is 13.0. The van der Waals surface area contributed by atoms with Crippen LogP contribution in [0.5, 0.6) is 0 Å². The number of hydrogen-bond acceptors (Lipinski definition) is 2. The number of aryl methyl sites for hydroxylation is 1. The van der Waals surface area contributed by atoms with Gasteiger partial charge >= 0.3 is 0 Å². The second kappa shape index (κ2) is 5.24. The van der Waals surface area contributed by atoms with Crippen LogP contribution >= 0.6 is 0 Å². The molecule has 0 fully saturated rings. The smallest absolute Gasteiger partial charge is 0.126 e. The molecule has 0 aliphatic heterocycles. The fourth-order valence-electron chi connectivity index (χ4n) is 1.59. The van der Waals surface area contributed by atoms with Gasteiger partial charge in [0, 0.05) is 7.11 Å². The highest BCUT2D eigenvalue weighted by molar-refractivity contribution is 5.26. The van der Waals surface area contributed by atoms with E-state index in [1.807, 2.05) is 6.92 Å². The van der Waals surface area contributed by atoms with E-state index in [0.717, 1.165) is 0 Å². The molecule has 0 aliphatic rings. The minimum Gasteiger partial charge on any atom is -0.386 e. The SMILES string of the molecule is CCC(OC)C(O)c1ccc(F)c(C)c1. The Bertz CT molecular complexity index is 321. The summed E-state index contributed by atoms with van der Waals surface area (Å²) in [4.78, 5) is 0. The van der Waals surface area contributed by atoms with Crippen molar-refractivity contribution >= 4 is 0 Å². The molecule has 0 heterocycles. The molecular weight excluding hydrogens is 195 g/mol. The van der Waals surface area contributed by atoms with Crippen molar-refractivity contribution < 1.29 is 14.2 Å². The summed E-state index contributed by atoms with van der Waals surface area (Å²) >= 11 is 0. The Kier molecular flexibility index (Phi) is 4.24. The predicted molar refractivity (Wildman–Crippen MR) is 57.2 cm³/mol. The molecule has 2 unspecified atom stereocenters. The van der Waals surface area contributed by atoms with E-state index in [-0.39, 0.29) is 11.9 Å². The summed E-state index contributed by atoms with van der Waals surface area (Å²) in [7, 11) is 1.56. The molecule has 0 amide bonds. The Balaban J connectivity index is 2.90. The molecule has 1 rings (SSSR count). The van der Waals surface area contributed by atoms with Gasteiger partial charge in [-0.15, -0.1) is 0 Å². The van der Waals surface area contributed by atoms with Crippen molar-refractivity contribution in [3.63, 3.8) is 0 Å². The topological polar surface area (TPSA) is 29.5 Å². The summed E-state index contributed by atoms with van der Waals surface area (Å²) in [6.45, 7) is 3.62. The van der Waals surface area contributed by atoms with E-state index in [2.05, 4.69) is 0 Å². The number of methoxy groups -OCH3 is 1. The van der Waals surface area contributed by atoms with Crippen LogP contribution in [0.3, 0.4) is 0 Å². The van der Waals surface area contributed by atoms with Crippen LogP contribution in [-0.2, 0) is 4.74 Å². The highest BCUT2D eigenvalue weighted by Gasteiger charge is 2.19. The van der Waals surface area contributed by atoms with Crippen molar-refractivity contribution in [2.45, 2.75) is 32.5 Å². The molecule has 0 saturated carbocycles. The van der Waals surface area contributed by atoms with Crippen molar-refractivity contribution in [1.29, 1.82) is 0 Å². The Morgan fingerprint density at radius 1 is 1.47 bits per heavy atom. The fourth-order valence-corrected chi connectivity index (χ4v) is 1.59.